The first-order valence-corrected chi connectivity index (χ1v) is 18.5. The molecule has 0 saturated carbocycles. The van der Waals surface area contributed by atoms with Crippen LogP contribution in [0.25, 0.3) is 121 Å². The van der Waals surface area contributed by atoms with Crippen molar-refractivity contribution in [3.63, 3.8) is 0 Å². The summed E-state index contributed by atoms with van der Waals surface area (Å²) in [5.74, 6) is 0. The Balaban J connectivity index is 1.25. The zero-order valence-electron chi connectivity index (χ0n) is 29.5. The molecule has 15 aromatic rings. The molecule has 8 heteroatoms. The number of fused-ring (bicyclic) bond motifs is 2. The minimum Gasteiger partial charge on any atom is -0.436 e. The average molecular weight is 719 g/mol. The molecule has 0 N–H and O–H groups in total. The number of benzene rings is 8. The van der Waals surface area contributed by atoms with Crippen molar-refractivity contribution in [2.45, 2.75) is 0 Å². The summed E-state index contributed by atoms with van der Waals surface area (Å²) in [6.07, 6.45) is 3.73. The third-order valence-corrected chi connectivity index (χ3v) is 11.3. The quantitative estimate of drug-likeness (QED) is 0.155. The van der Waals surface area contributed by atoms with Gasteiger partial charge in [0, 0.05) is 27.2 Å². The van der Waals surface area contributed by atoms with Crippen LogP contribution >= 0.6 is 0 Å². The van der Waals surface area contributed by atoms with E-state index in [4.69, 9.17) is 28.8 Å². The lowest BCUT2D eigenvalue weighted by Crippen LogP contribution is -1.85. The predicted octanol–water partition coefficient (Wildman–Crippen LogP) is 12.2. The Morgan fingerprint density at radius 2 is 0.786 bits per heavy atom. The molecule has 0 aliphatic heterocycles. The first kappa shape index (κ1) is 29.6. The molecular weight excluding hydrogens is 693 g/mol. The Bertz CT molecular complexity index is 3670. The standard InChI is InChI=1S/C48H26N6O2/c1-5-29-6-2-10-34-28-15-19-32(20-16-28)54-26-50-38-22-24-40-44(46(38)54)52-48(56-40)36-12-4-8-30-7-3-11-35(42(30)36)47-51-43-39(55-47)23-21-37-45(43)53(25-49-37)31-17-13-27(14-18-31)33(9-1)41(29)34/h1-26H. The Kier molecular flexibility index (Phi) is 5.74. The second-order valence-electron chi connectivity index (χ2n) is 14.3. The molecule has 7 heterocycles. The van der Waals surface area contributed by atoms with Crippen LogP contribution in [0.3, 0.4) is 0 Å². The summed E-state index contributed by atoms with van der Waals surface area (Å²) in [7, 11) is 0. The third-order valence-electron chi connectivity index (χ3n) is 11.3. The molecule has 0 fully saturated rings. The maximum absolute atomic E-state index is 6.60. The molecule has 8 nitrogen and oxygen atoms in total. The van der Waals surface area contributed by atoms with Crippen LogP contribution in [-0.4, -0.2) is 28.7 Å². The van der Waals surface area contributed by atoms with E-state index in [1.54, 1.807) is 0 Å². The van der Waals surface area contributed by atoms with E-state index in [9.17, 15) is 0 Å². The second kappa shape index (κ2) is 10.9. The number of aromatic nitrogens is 6. The van der Waals surface area contributed by atoms with Crippen molar-refractivity contribution in [3.05, 3.63) is 158 Å². The molecule has 0 atom stereocenters. The number of oxazole rings is 2. The molecule has 0 radical (unpaired) electrons. The Morgan fingerprint density at radius 3 is 1.23 bits per heavy atom. The zero-order valence-corrected chi connectivity index (χ0v) is 29.5. The fourth-order valence-corrected chi connectivity index (χ4v) is 8.72. The fourth-order valence-electron chi connectivity index (χ4n) is 8.72. The summed E-state index contributed by atoms with van der Waals surface area (Å²) < 4.78 is 17.4. The molecule has 7 aromatic heterocycles. The Labute approximate surface area is 315 Å². The predicted molar refractivity (Wildman–Crippen MR) is 226 cm³/mol. The maximum atomic E-state index is 6.60. The van der Waals surface area contributed by atoms with E-state index in [-0.39, 0.29) is 0 Å². The average Bonchev–Trinajstić information content (AvgIpc) is 4.07. The highest BCUT2D eigenvalue weighted by molar-refractivity contribution is 6.19. The lowest BCUT2D eigenvalue weighted by molar-refractivity contribution is 0.663. The molecule has 8 aromatic carbocycles. The Hall–Kier alpha value is -7.84. The maximum Gasteiger partial charge on any atom is 0.228 e. The molecule has 0 aliphatic rings. The van der Waals surface area contributed by atoms with E-state index in [0.717, 1.165) is 76.5 Å². The lowest BCUT2D eigenvalue weighted by atomic mass is 9.99. The third kappa shape index (κ3) is 4.07. The van der Waals surface area contributed by atoms with Crippen molar-refractivity contribution >= 4 is 121 Å². The number of hydrogen-bond donors (Lipinski definition) is 0. The summed E-state index contributed by atoms with van der Waals surface area (Å²) in [5, 5.41) is 10.6. The molecule has 0 amide bonds. The normalized spacial score (nSPS) is 12.3. The SMILES string of the molecule is c1cc2cccc3c4ccc(cc4)n4cnc5ccc6oc(nc6c54)c4cccc5cccc(c6nc7c(ccc8ncn(c9ccc(cc9)c(c1)c23)c87)o6)c54. The van der Waals surface area contributed by atoms with Crippen molar-refractivity contribution in [1.82, 2.24) is 28.7 Å². The molecule has 56 heavy (non-hydrogen) atoms. The summed E-state index contributed by atoms with van der Waals surface area (Å²) in [6.45, 7) is 0. The minimum absolute atomic E-state index is 0.509. The van der Waals surface area contributed by atoms with E-state index in [1.807, 2.05) is 61.2 Å². The molecule has 8 bridgehead atoms. The van der Waals surface area contributed by atoms with E-state index >= 15 is 0 Å². The molecular formula is C48H26N6O2. The van der Waals surface area contributed by atoms with Gasteiger partial charge >= 0.3 is 0 Å². The smallest absolute Gasteiger partial charge is 0.228 e. The van der Waals surface area contributed by atoms with Crippen LogP contribution in [0.2, 0.25) is 0 Å². The van der Waals surface area contributed by atoms with Gasteiger partial charge < -0.3 is 8.83 Å². The second-order valence-corrected chi connectivity index (χ2v) is 14.3. The van der Waals surface area contributed by atoms with Gasteiger partial charge in [0.05, 0.1) is 11.0 Å². The van der Waals surface area contributed by atoms with Crippen molar-refractivity contribution in [1.29, 1.82) is 0 Å². The number of hydrogen-bond acceptors (Lipinski definition) is 6. The summed E-state index contributed by atoms with van der Waals surface area (Å²) >= 11 is 0. The lowest BCUT2D eigenvalue weighted by Gasteiger charge is -2.06. The van der Waals surface area contributed by atoms with Crippen molar-refractivity contribution in [2.75, 3.05) is 0 Å². The van der Waals surface area contributed by atoms with Crippen LogP contribution in [0, 0.1) is 0 Å². The van der Waals surface area contributed by atoms with Crippen molar-refractivity contribution in [2.24, 2.45) is 0 Å². The highest BCUT2D eigenvalue weighted by atomic mass is 16.3. The van der Waals surface area contributed by atoms with Gasteiger partial charge in [0.15, 0.2) is 11.2 Å². The molecule has 0 saturated heterocycles. The van der Waals surface area contributed by atoms with Crippen LogP contribution in [-0.2, 0) is 0 Å². The number of nitrogens with zero attached hydrogens (tertiary/aromatic N) is 6. The first-order chi connectivity index (χ1) is 27.7. The minimum atomic E-state index is 0.509. The highest BCUT2D eigenvalue weighted by Crippen LogP contribution is 2.36. The van der Waals surface area contributed by atoms with Crippen LogP contribution in [0.1, 0.15) is 0 Å². The highest BCUT2D eigenvalue weighted by Gasteiger charge is 2.16. The van der Waals surface area contributed by atoms with E-state index in [1.165, 1.54) is 21.5 Å². The molecule has 260 valence electrons. The fraction of sp³-hybridized carbons (Fsp3) is 0. The van der Waals surface area contributed by atoms with Crippen LogP contribution < -0.4 is 0 Å². The number of rotatable bonds is 0. The molecule has 0 unspecified atom stereocenters. The van der Waals surface area contributed by atoms with Gasteiger partial charge in [-0.2, -0.15) is 0 Å². The van der Waals surface area contributed by atoms with Gasteiger partial charge in [-0.1, -0.05) is 84.9 Å². The van der Waals surface area contributed by atoms with Gasteiger partial charge in [0.25, 0.3) is 0 Å². The zero-order chi connectivity index (χ0) is 36.5. The van der Waals surface area contributed by atoms with E-state index in [2.05, 4.69) is 106 Å². The van der Waals surface area contributed by atoms with Crippen molar-refractivity contribution < 1.29 is 8.83 Å². The van der Waals surface area contributed by atoms with Crippen molar-refractivity contribution in [3.8, 4) is 0 Å². The summed E-state index contributed by atoms with van der Waals surface area (Å²) in [4.78, 5) is 20.0. The molecule has 0 spiro atoms. The van der Waals surface area contributed by atoms with Gasteiger partial charge in [0.1, 0.15) is 34.7 Å². The van der Waals surface area contributed by atoms with Gasteiger partial charge in [-0.3, -0.25) is 8.80 Å². The largest absolute Gasteiger partial charge is 0.436 e. The molecule has 15 rings (SSSR count). The van der Waals surface area contributed by atoms with Crippen LogP contribution in [0.4, 0.5) is 0 Å². The van der Waals surface area contributed by atoms with Gasteiger partial charge in [-0.05, 0) is 98.4 Å². The van der Waals surface area contributed by atoms with Gasteiger partial charge in [0.2, 0.25) is 11.4 Å². The van der Waals surface area contributed by atoms with E-state index in [0.29, 0.717) is 22.6 Å². The Morgan fingerprint density at radius 1 is 0.375 bits per heavy atom. The van der Waals surface area contributed by atoms with Gasteiger partial charge in [-0.15, -0.1) is 0 Å². The topological polar surface area (TPSA) is 86.7 Å². The van der Waals surface area contributed by atoms with Crippen LogP contribution in [0.5, 0.6) is 0 Å². The first-order valence-electron chi connectivity index (χ1n) is 18.5. The summed E-state index contributed by atoms with van der Waals surface area (Å²) in [5.41, 5.74) is 9.26. The molecule has 0 aliphatic carbocycles. The monoisotopic (exact) mass is 718 g/mol. The van der Waals surface area contributed by atoms with Crippen LogP contribution in [0.15, 0.2) is 167 Å². The van der Waals surface area contributed by atoms with E-state index < -0.39 is 0 Å². The van der Waals surface area contributed by atoms with Gasteiger partial charge in [-0.25, -0.2) is 19.9 Å². The number of imidazole rings is 2. The summed E-state index contributed by atoms with van der Waals surface area (Å²) in [6, 6.07) is 50.7.